The summed E-state index contributed by atoms with van der Waals surface area (Å²) in [7, 11) is 0. The first kappa shape index (κ1) is 16.7. The number of rotatable bonds is 3. The Balaban J connectivity index is 1.75. The van der Waals surface area contributed by atoms with Crippen LogP contribution in [-0.4, -0.2) is 32.3 Å². The minimum absolute atomic E-state index is 0.0831. The predicted octanol–water partition coefficient (Wildman–Crippen LogP) is 2.60. The fourth-order valence-electron chi connectivity index (χ4n) is 3.37. The molecule has 1 saturated heterocycles. The van der Waals surface area contributed by atoms with Crippen LogP contribution in [0.5, 0.6) is 0 Å². The van der Waals surface area contributed by atoms with Gasteiger partial charge in [0.1, 0.15) is 11.6 Å². The third-order valence-electron chi connectivity index (χ3n) is 4.72. The molecule has 1 aromatic carbocycles. The van der Waals surface area contributed by atoms with E-state index in [0.717, 1.165) is 48.8 Å². The first-order valence-electron chi connectivity index (χ1n) is 8.76. The molecular formula is C18H19F2N5O. The van der Waals surface area contributed by atoms with Gasteiger partial charge in [0.15, 0.2) is 5.82 Å². The molecule has 26 heavy (non-hydrogen) atoms. The summed E-state index contributed by atoms with van der Waals surface area (Å²) >= 11 is 0. The molecule has 0 radical (unpaired) electrons. The highest BCUT2D eigenvalue weighted by Gasteiger charge is 2.19. The molecule has 1 aliphatic rings. The number of anilines is 1. The Bertz CT molecular complexity index is 989. The van der Waals surface area contributed by atoms with E-state index in [1.54, 1.807) is 12.4 Å². The topological polar surface area (TPSA) is 55.4 Å². The molecule has 8 heteroatoms. The van der Waals surface area contributed by atoms with E-state index in [1.807, 2.05) is 0 Å². The van der Waals surface area contributed by atoms with Crippen LogP contribution in [0.15, 0.2) is 35.4 Å². The number of halogens is 2. The van der Waals surface area contributed by atoms with Gasteiger partial charge in [-0.3, -0.25) is 0 Å². The molecule has 0 aliphatic carbocycles. The monoisotopic (exact) mass is 359 g/mol. The lowest BCUT2D eigenvalue weighted by atomic mass is 10.2. The molecule has 4 rings (SSSR count). The average molecular weight is 359 g/mol. The van der Waals surface area contributed by atoms with Crippen LogP contribution < -0.4 is 10.6 Å². The molecule has 1 aliphatic heterocycles. The number of nitrogens with zero attached hydrogens (tertiary/aromatic N) is 5. The Morgan fingerprint density at radius 1 is 1.08 bits per heavy atom. The number of fused-ring (bicyclic) bond motifs is 1. The van der Waals surface area contributed by atoms with E-state index in [9.17, 15) is 13.6 Å². The molecule has 2 aromatic heterocycles. The molecule has 0 N–H and O–H groups in total. The highest BCUT2D eigenvalue weighted by Crippen LogP contribution is 2.20. The fraction of sp³-hybridized carbons (Fsp3) is 0.389. The van der Waals surface area contributed by atoms with Gasteiger partial charge in [0.25, 0.3) is 0 Å². The van der Waals surface area contributed by atoms with E-state index in [2.05, 4.69) is 15.0 Å². The van der Waals surface area contributed by atoms with Crippen molar-refractivity contribution < 1.29 is 8.78 Å². The van der Waals surface area contributed by atoms with Crippen molar-refractivity contribution in [2.75, 3.05) is 18.0 Å². The fourth-order valence-corrected chi connectivity index (χ4v) is 3.37. The van der Waals surface area contributed by atoms with Crippen molar-refractivity contribution in [2.45, 2.75) is 32.2 Å². The zero-order valence-electron chi connectivity index (χ0n) is 14.2. The zero-order valence-corrected chi connectivity index (χ0v) is 14.2. The van der Waals surface area contributed by atoms with Gasteiger partial charge in [-0.15, -0.1) is 5.10 Å². The van der Waals surface area contributed by atoms with Crippen molar-refractivity contribution in [2.24, 2.45) is 0 Å². The van der Waals surface area contributed by atoms with Crippen molar-refractivity contribution in [3.63, 3.8) is 0 Å². The molecule has 0 bridgehead atoms. The van der Waals surface area contributed by atoms with E-state index < -0.39 is 17.3 Å². The Labute approximate surface area is 148 Å². The van der Waals surface area contributed by atoms with Crippen molar-refractivity contribution in [3.8, 4) is 0 Å². The van der Waals surface area contributed by atoms with Gasteiger partial charge in [-0.2, -0.15) is 0 Å². The molecule has 0 spiro atoms. The minimum Gasteiger partial charge on any atom is -0.353 e. The van der Waals surface area contributed by atoms with Crippen LogP contribution in [0.2, 0.25) is 0 Å². The van der Waals surface area contributed by atoms with Crippen LogP contribution in [0, 0.1) is 11.6 Å². The standard InChI is InChI=1S/C18H19F2N5O/c19-14-5-6-15(20)13(11-14)12-25-18(26)24-10-7-21-16(17(24)22-25)23-8-3-1-2-4-9-23/h5-7,10-11H,1-4,8-9,12H2. The lowest BCUT2D eigenvalue weighted by Crippen LogP contribution is -2.26. The Morgan fingerprint density at radius 3 is 2.62 bits per heavy atom. The van der Waals surface area contributed by atoms with Crippen molar-refractivity contribution >= 4 is 11.5 Å². The van der Waals surface area contributed by atoms with Crippen LogP contribution >= 0.6 is 0 Å². The second kappa shape index (κ2) is 6.86. The van der Waals surface area contributed by atoms with E-state index in [1.165, 1.54) is 17.2 Å². The molecule has 0 unspecified atom stereocenters. The SMILES string of the molecule is O=c1n(Cc2cc(F)ccc2F)nc2c(N3CCCCCC3)nccn12. The summed E-state index contributed by atoms with van der Waals surface area (Å²) in [6, 6.07) is 3.18. The van der Waals surface area contributed by atoms with Gasteiger partial charge < -0.3 is 4.90 Å². The van der Waals surface area contributed by atoms with Crippen molar-refractivity contribution in [3.05, 3.63) is 58.3 Å². The maximum Gasteiger partial charge on any atom is 0.350 e. The Hall–Kier alpha value is -2.77. The van der Waals surface area contributed by atoms with Crippen molar-refractivity contribution in [1.29, 1.82) is 0 Å². The maximum atomic E-state index is 13.9. The lowest BCUT2D eigenvalue weighted by molar-refractivity contribution is 0.561. The lowest BCUT2D eigenvalue weighted by Gasteiger charge is -2.21. The number of hydrogen-bond donors (Lipinski definition) is 0. The summed E-state index contributed by atoms with van der Waals surface area (Å²) in [4.78, 5) is 19.2. The second-order valence-electron chi connectivity index (χ2n) is 6.52. The molecule has 0 atom stereocenters. The molecule has 136 valence electrons. The normalized spacial score (nSPS) is 15.4. The highest BCUT2D eigenvalue weighted by atomic mass is 19.1. The van der Waals surface area contributed by atoms with E-state index in [-0.39, 0.29) is 12.1 Å². The average Bonchev–Trinajstić information content (AvgIpc) is 2.82. The van der Waals surface area contributed by atoms with Crippen LogP contribution in [-0.2, 0) is 6.54 Å². The Kier molecular flexibility index (Phi) is 4.40. The molecule has 3 heterocycles. The molecule has 0 saturated carbocycles. The van der Waals surface area contributed by atoms with Crippen LogP contribution in [0.4, 0.5) is 14.6 Å². The predicted molar refractivity (Wildman–Crippen MR) is 93.4 cm³/mol. The second-order valence-corrected chi connectivity index (χ2v) is 6.52. The third kappa shape index (κ3) is 3.07. The van der Waals surface area contributed by atoms with Crippen LogP contribution in [0.3, 0.4) is 0 Å². The van der Waals surface area contributed by atoms with Gasteiger partial charge in [-0.1, -0.05) is 12.8 Å². The summed E-state index contributed by atoms with van der Waals surface area (Å²) in [5.41, 5.74) is 0.123. The number of aromatic nitrogens is 4. The summed E-state index contributed by atoms with van der Waals surface area (Å²) in [5, 5.41) is 4.36. The van der Waals surface area contributed by atoms with Crippen LogP contribution in [0.1, 0.15) is 31.2 Å². The molecular weight excluding hydrogens is 340 g/mol. The van der Waals surface area contributed by atoms with Gasteiger partial charge in [0.2, 0.25) is 5.65 Å². The van der Waals surface area contributed by atoms with E-state index in [0.29, 0.717) is 11.5 Å². The molecule has 1 fully saturated rings. The summed E-state index contributed by atoms with van der Waals surface area (Å²) in [6.45, 7) is 1.60. The number of hydrogen-bond acceptors (Lipinski definition) is 4. The smallest absolute Gasteiger partial charge is 0.350 e. The highest BCUT2D eigenvalue weighted by molar-refractivity contribution is 5.63. The van der Waals surface area contributed by atoms with Gasteiger partial charge in [0, 0.05) is 31.0 Å². The quantitative estimate of drug-likeness (QED) is 0.721. The first-order valence-corrected chi connectivity index (χ1v) is 8.76. The van der Waals surface area contributed by atoms with Gasteiger partial charge in [-0.05, 0) is 31.0 Å². The summed E-state index contributed by atoms with van der Waals surface area (Å²) in [6.07, 6.45) is 7.62. The van der Waals surface area contributed by atoms with E-state index >= 15 is 0 Å². The van der Waals surface area contributed by atoms with E-state index in [4.69, 9.17) is 0 Å². The number of benzene rings is 1. The van der Waals surface area contributed by atoms with Gasteiger partial charge in [-0.25, -0.2) is 27.6 Å². The van der Waals surface area contributed by atoms with Gasteiger partial charge in [0.05, 0.1) is 6.54 Å². The Morgan fingerprint density at radius 2 is 1.85 bits per heavy atom. The molecule has 0 amide bonds. The first-order chi connectivity index (χ1) is 12.6. The zero-order chi connectivity index (χ0) is 18.1. The molecule has 6 nitrogen and oxygen atoms in total. The van der Waals surface area contributed by atoms with Crippen molar-refractivity contribution in [1.82, 2.24) is 19.2 Å². The maximum absolute atomic E-state index is 13.9. The largest absolute Gasteiger partial charge is 0.353 e. The third-order valence-corrected chi connectivity index (χ3v) is 4.72. The van der Waals surface area contributed by atoms with Crippen LogP contribution in [0.25, 0.3) is 5.65 Å². The summed E-state index contributed by atoms with van der Waals surface area (Å²) in [5.74, 6) is -0.462. The van der Waals surface area contributed by atoms with Gasteiger partial charge >= 0.3 is 5.69 Å². The minimum atomic E-state index is -0.568. The molecule has 3 aromatic rings. The summed E-state index contributed by atoms with van der Waals surface area (Å²) < 4.78 is 29.9.